The number of nitrogens with zero attached hydrogens (tertiary/aromatic N) is 1. The van der Waals surface area contributed by atoms with E-state index in [1.807, 2.05) is 6.08 Å². The molecular formula is C7H11NO2. The minimum atomic E-state index is -0.0324. The van der Waals surface area contributed by atoms with E-state index >= 15 is 0 Å². The predicted octanol–water partition coefficient (Wildman–Crippen LogP) is 0.615. The van der Waals surface area contributed by atoms with E-state index in [0.717, 1.165) is 0 Å². The largest absolute Gasteiger partial charge is 0.374 e. The Kier molecular flexibility index (Phi) is 2.59. The Hall–Kier alpha value is -0.670. The van der Waals surface area contributed by atoms with Gasteiger partial charge in [0.25, 0.3) is 0 Å². The summed E-state index contributed by atoms with van der Waals surface area (Å²) in [6, 6.07) is 0. The van der Waals surface area contributed by atoms with Crippen LogP contribution in [0.25, 0.3) is 0 Å². The summed E-state index contributed by atoms with van der Waals surface area (Å²) in [7, 11) is 3.29. The van der Waals surface area contributed by atoms with E-state index in [2.05, 4.69) is 4.99 Å². The molecule has 3 nitrogen and oxygen atoms in total. The highest BCUT2D eigenvalue weighted by atomic mass is 16.5. The molecule has 0 radical (unpaired) electrons. The first kappa shape index (κ1) is 7.44. The maximum Gasteiger partial charge on any atom is 0.122 e. The van der Waals surface area contributed by atoms with Gasteiger partial charge in [0.1, 0.15) is 12.2 Å². The SMILES string of the molecule is COC1C=CN=CC1OC. The standard InChI is InChI=1S/C7H11NO2/c1-9-6-3-4-8-5-7(6)10-2/h3-7H,1-2H3. The molecule has 0 amide bonds. The number of rotatable bonds is 2. The normalized spacial score (nSPS) is 31.0. The molecule has 0 spiro atoms. The van der Waals surface area contributed by atoms with Crippen molar-refractivity contribution in [1.29, 1.82) is 0 Å². The molecule has 0 saturated carbocycles. The van der Waals surface area contributed by atoms with Crippen LogP contribution in [-0.2, 0) is 9.47 Å². The van der Waals surface area contributed by atoms with Crippen LogP contribution >= 0.6 is 0 Å². The van der Waals surface area contributed by atoms with Crippen LogP contribution in [0.1, 0.15) is 0 Å². The van der Waals surface area contributed by atoms with E-state index in [9.17, 15) is 0 Å². The number of hydrogen-bond donors (Lipinski definition) is 0. The van der Waals surface area contributed by atoms with Crippen LogP contribution in [0.5, 0.6) is 0 Å². The van der Waals surface area contributed by atoms with Gasteiger partial charge in [0, 0.05) is 26.6 Å². The molecule has 0 fully saturated rings. The van der Waals surface area contributed by atoms with Crippen molar-refractivity contribution in [2.75, 3.05) is 14.2 Å². The summed E-state index contributed by atoms with van der Waals surface area (Å²) < 4.78 is 10.2. The van der Waals surface area contributed by atoms with Crippen molar-refractivity contribution in [3.63, 3.8) is 0 Å². The fourth-order valence-electron chi connectivity index (χ4n) is 0.871. The number of aliphatic imine (C=N–C) groups is 1. The molecule has 56 valence electrons. The molecule has 0 aromatic carbocycles. The molecule has 1 aliphatic rings. The quantitative estimate of drug-likeness (QED) is 0.564. The van der Waals surface area contributed by atoms with Crippen LogP contribution in [-0.4, -0.2) is 32.6 Å². The van der Waals surface area contributed by atoms with Crippen molar-refractivity contribution in [3.05, 3.63) is 12.3 Å². The smallest absolute Gasteiger partial charge is 0.122 e. The lowest BCUT2D eigenvalue weighted by Gasteiger charge is -2.19. The van der Waals surface area contributed by atoms with Gasteiger partial charge in [0.2, 0.25) is 0 Å². The van der Waals surface area contributed by atoms with Gasteiger partial charge >= 0.3 is 0 Å². The Labute approximate surface area is 60.4 Å². The highest BCUT2D eigenvalue weighted by Crippen LogP contribution is 2.06. The Morgan fingerprint density at radius 3 is 2.40 bits per heavy atom. The second-order valence-electron chi connectivity index (χ2n) is 2.04. The zero-order chi connectivity index (χ0) is 7.40. The second-order valence-corrected chi connectivity index (χ2v) is 2.04. The van der Waals surface area contributed by atoms with Gasteiger partial charge in [-0.1, -0.05) is 0 Å². The van der Waals surface area contributed by atoms with E-state index in [4.69, 9.17) is 9.47 Å². The molecule has 1 aliphatic heterocycles. The third-order valence-corrected chi connectivity index (χ3v) is 1.46. The first-order valence-electron chi connectivity index (χ1n) is 3.14. The van der Waals surface area contributed by atoms with Crippen molar-refractivity contribution < 1.29 is 9.47 Å². The molecule has 3 heteroatoms. The average molecular weight is 141 g/mol. The molecule has 0 aromatic heterocycles. The summed E-state index contributed by atoms with van der Waals surface area (Å²) in [6.07, 6.45) is 5.30. The first-order chi connectivity index (χ1) is 4.88. The topological polar surface area (TPSA) is 30.8 Å². The molecular weight excluding hydrogens is 130 g/mol. The van der Waals surface area contributed by atoms with Gasteiger partial charge in [-0.25, -0.2) is 0 Å². The van der Waals surface area contributed by atoms with E-state index in [1.54, 1.807) is 26.6 Å². The van der Waals surface area contributed by atoms with Crippen molar-refractivity contribution in [2.45, 2.75) is 12.2 Å². The molecule has 1 rings (SSSR count). The number of ether oxygens (including phenoxy) is 2. The van der Waals surface area contributed by atoms with Gasteiger partial charge < -0.3 is 9.47 Å². The van der Waals surface area contributed by atoms with Crippen LogP contribution in [0.15, 0.2) is 17.3 Å². The van der Waals surface area contributed by atoms with Crippen molar-refractivity contribution >= 4 is 6.21 Å². The zero-order valence-electron chi connectivity index (χ0n) is 6.15. The Balaban J connectivity index is 2.55. The Morgan fingerprint density at radius 2 is 1.90 bits per heavy atom. The van der Waals surface area contributed by atoms with E-state index in [0.29, 0.717) is 0 Å². The van der Waals surface area contributed by atoms with Crippen molar-refractivity contribution in [1.82, 2.24) is 0 Å². The van der Waals surface area contributed by atoms with Crippen LogP contribution in [0.2, 0.25) is 0 Å². The third-order valence-electron chi connectivity index (χ3n) is 1.46. The van der Waals surface area contributed by atoms with Crippen LogP contribution < -0.4 is 0 Å². The van der Waals surface area contributed by atoms with E-state index < -0.39 is 0 Å². The fourth-order valence-corrected chi connectivity index (χ4v) is 0.871. The van der Waals surface area contributed by atoms with Crippen molar-refractivity contribution in [3.8, 4) is 0 Å². The summed E-state index contributed by atoms with van der Waals surface area (Å²) in [5.74, 6) is 0. The van der Waals surface area contributed by atoms with Gasteiger partial charge in [-0.05, 0) is 6.08 Å². The molecule has 10 heavy (non-hydrogen) atoms. The third kappa shape index (κ3) is 1.43. The van der Waals surface area contributed by atoms with Crippen LogP contribution in [0, 0.1) is 0 Å². The minimum Gasteiger partial charge on any atom is -0.374 e. The lowest BCUT2D eigenvalue weighted by Crippen LogP contribution is -2.30. The highest BCUT2D eigenvalue weighted by molar-refractivity contribution is 5.66. The monoisotopic (exact) mass is 141 g/mol. The Bertz CT molecular complexity index is 136. The van der Waals surface area contributed by atoms with E-state index in [1.165, 1.54) is 0 Å². The summed E-state index contributed by atoms with van der Waals surface area (Å²) in [5.41, 5.74) is 0. The minimum absolute atomic E-state index is 0.0162. The number of hydrogen-bond acceptors (Lipinski definition) is 3. The number of methoxy groups -OCH3 is 2. The fraction of sp³-hybridized carbons (Fsp3) is 0.571. The molecule has 0 aliphatic carbocycles. The van der Waals surface area contributed by atoms with E-state index in [-0.39, 0.29) is 12.2 Å². The second kappa shape index (κ2) is 3.49. The lowest BCUT2D eigenvalue weighted by molar-refractivity contribution is 0.0266. The molecule has 2 unspecified atom stereocenters. The first-order valence-corrected chi connectivity index (χ1v) is 3.14. The summed E-state index contributed by atoms with van der Waals surface area (Å²) in [4.78, 5) is 3.92. The average Bonchev–Trinajstić information content (AvgIpc) is 2.04. The van der Waals surface area contributed by atoms with Gasteiger partial charge in [0.15, 0.2) is 0 Å². The summed E-state index contributed by atoms with van der Waals surface area (Å²) in [6.45, 7) is 0. The maximum absolute atomic E-state index is 5.09. The summed E-state index contributed by atoms with van der Waals surface area (Å²) >= 11 is 0. The highest BCUT2D eigenvalue weighted by Gasteiger charge is 2.17. The predicted molar refractivity (Wildman–Crippen MR) is 39.2 cm³/mol. The molecule has 0 bridgehead atoms. The molecule has 0 saturated heterocycles. The van der Waals surface area contributed by atoms with Gasteiger partial charge in [0.05, 0.1) is 0 Å². The van der Waals surface area contributed by atoms with Gasteiger partial charge in [-0.3, -0.25) is 4.99 Å². The molecule has 1 heterocycles. The van der Waals surface area contributed by atoms with Crippen molar-refractivity contribution in [2.24, 2.45) is 4.99 Å². The molecule has 2 atom stereocenters. The lowest BCUT2D eigenvalue weighted by atomic mass is 10.2. The zero-order valence-corrected chi connectivity index (χ0v) is 6.15. The van der Waals surface area contributed by atoms with Gasteiger partial charge in [-0.2, -0.15) is 0 Å². The Morgan fingerprint density at radius 1 is 1.20 bits per heavy atom. The molecule has 0 aromatic rings. The van der Waals surface area contributed by atoms with Crippen LogP contribution in [0.4, 0.5) is 0 Å². The van der Waals surface area contributed by atoms with Gasteiger partial charge in [-0.15, -0.1) is 0 Å². The molecule has 0 N–H and O–H groups in total. The maximum atomic E-state index is 5.09. The van der Waals surface area contributed by atoms with Crippen LogP contribution in [0.3, 0.4) is 0 Å². The summed E-state index contributed by atoms with van der Waals surface area (Å²) in [5, 5.41) is 0.